The fourth-order valence-electron chi connectivity index (χ4n) is 1.49. The molecule has 2 rings (SSSR count). The third kappa shape index (κ3) is 2.37. The van der Waals surface area contributed by atoms with Crippen LogP contribution in [0.2, 0.25) is 0 Å². The van der Waals surface area contributed by atoms with E-state index >= 15 is 0 Å². The van der Waals surface area contributed by atoms with Crippen LogP contribution in [0.25, 0.3) is 10.8 Å². The van der Waals surface area contributed by atoms with Crippen molar-refractivity contribution in [3.05, 3.63) is 46.5 Å². The van der Waals surface area contributed by atoms with E-state index in [-0.39, 0.29) is 5.76 Å². The second-order valence-corrected chi connectivity index (χ2v) is 3.56. The highest BCUT2D eigenvalue weighted by molar-refractivity contribution is 5.96. The number of amides is 1. The number of hydrogen-bond donors (Lipinski definition) is 2. The van der Waals surface area contributed by atoms with Gasteiger partial charge in [-0.25, -0.2) is 4.79 Å². The Hall–Kier alpha value is -2.63. The fraction of sp³-hybridized carbons (Fsp3) is 0.0833. The van der Waals surface area contributed by atoms with E-state index in [4.69, 9.17) is 9.52 Å². The zero-order valence-corrected chi connectivity index (χ0v) is 9.17. The number of nitrogens with one attached hydrogen (secondary N) is 1. The van der Waals surface area contributed by atoms with Crippen LogP contribution in [0.3, 0.4) is 0 Å². The molecular formula is C12H9NO5. The van der Waals surface area contributed by atoms with Crippen LogP contribution in [0.5, 0.6) is 0 Å². The molecule has 1 aromatic carbocycles. The maximum Gasteiger partial charge on any atom is 0.344 e. The Labute approximate surface area is 101 Å². The summed E-state index contributed by atoms with van der Waals surface area (Å²) in [6, 6.07) is 8.05. The Morgan fingerprint density at radius 1 is 1.28 bits per heavy atom. The lowest BCUT2D eigenvalue weighted by atomic mass is 10.1. The maximum absolute atomic E-state index is 11.6. The predicted molar refractivity (Wildman–Crippen MR) is 62.5 cm³/mol. The van der Waals surface area contributed by atoms with Crippen molar-refractivity contribution < 1.29 is 19.1 Å². The third-order valence-electron chi connectivity index (χ3n) is 2.29. The number of hydrogen-bond acceptors (Lipinski definition) is 4. The summed E-state index contributed by atoms with van der Waals surface area (Å²) in [5, 5.41) is 11.5. The molecule has 0 aliphatic carbocycles. The van der Waals surface area contributed by atoms with Gasteiger partial charge in [-0.1, -0.05) is 18.2 Å². The van der Waals surface area contributed by atoms with Gasteiger partial charge in [-0.15, -0.1) is 0 Å². The van der Waals surface area contributed by atoms with E-state index in [9.17, 15) is 14.4 Å². The van der Waals surface area contributed by atoms with Crippen molar-refractivity contribution in [3.63, 3.8) is 0 Å². The maximum atomic E-state index is 11.6. The highest BCUT2D eigenvalue weighted by Gasteiger charge is 2.12. The summed E-state index contributed by atoms with van der Waals surface area (Å²) in [4.78, 5) is 33.4. The molecule has 6 nitrogen and oxygen atoms in total. The molecule has 18 heavy (non-hydrogen) atoms. The summed E-state index contributed by atoms with van der Waals surface area (Å²) >= 11 is 0. The van der Waals surface area contributed by atoms with Crippen LogP contribution in [0.15, 0.2) is 39.5 Å². The summed E-state index contributed by atoms with van der Waals surface area (Å²) < 4.78 is 4.82. The van der Waals surface area contributed by atoms with Crippen molar-refractivity contribution >= 4 is 22.6 Å². The second-order valence-electron chi connectivity index (χ2n) is 3.56. The fourth-order valence-corrected chi connectivity index (χ4v) is 1.49. The van der Waals surface area contributed by atoms with E-state index in [1.54, 1.807) is 24.3 Å². The van der Waals surface area contributed by atoms with Crippen molar-refractivity contribution in [3.8, 4) is 0 Å². The standard InChI is InChI=1S/C12H9NO5/c14-10(15)6-13-11(16)9-5-7-3-1-2-4-8(7)12(17)18-9/h1-5H,6H2,(H,13,16)(H,14,15). The number of aliphatic carboxylic acids is 1. The molecule has 0 radical (unpaired) electrons. The average Bonchev–Trinajstić information content (AvgIpc) is 2.36. The number of carboxylic acid groups (broad SMARTS) is 1. The second kappa shape index (κ2) is 4.70. The predicted octanol–water partition coefficient (Wildman–Crippen LogP) is 0.607. The molecule has 0 fully saturated rings. The van der Waals surface area contributed by atoms with E-state index in [0.717, 1.165) is 0 Å². The zero-order valence-electron chi connectivity index (χ0n) is 9.17. The van der Waals surface area contributed by atoms with Crippen molar-refractivity contribution in [2.24, 2.45) is 0 Å². The molecule has 0 saturated carbocycles. The van der Waals surface area contributed by atoms with Crippen molar-refractivity contribution in [1.29, 1.82) is 0 Å². The Morgan fingerprint density at radius 2 is 2.00 bits per heavy atom. The van der Waals surface area contributed by atoms with Crippen LogP contribution in [0.1, 0.15) is 10.6 Å². The molecule has 0 aliphatic rings. The van der Waals surface area contributed by atoms with Gasteiger partial charge in [0.1, 0.15) is 6.54 Å². The van der Waals surface area contributed by atoms with E-state index in [0.29, 0.717) is 10.8 Å². The first-order valence-electron chi connectivity index (χ1n) is 5.11. The molecule has 0 bridgehead atoms. The molecule has 2 aromatic rings. The molecule has 1 heterocycles. The van der Waals surface area contributed by atoms with Gasteiger partial charge in [-0.2, -0.15) is 0 Å². The first kappa shape index (κ1) is 11.8. The average molecular weight is 247 g/mol. The van der Waals surface area contributed by atoms with Crippen LogP contribution in [0, 0.1) is 0 Å². The smallest absolute Gasteiger partial charge is 0.344 e. The summed E-state index contributed by atoms with van der Waals surface area (Å²) in [6.45, 7) is -0.532. The summed E-state index contributed by atoms with van der Waals surface area (Å²) in [6.07, 6.45) is 0. The third-order valence-corrected chi connectivity index (χ3v) is 2.29. The lowest BCUT2D eigenvalue weighted by Gasteiger charge is -2.02. The number of benzene rings is 1. The van der Waals surface area contributed by atoms with Crippen LogP contribution in [0.4, 0.5) is 0 Å². The van der Waals surface area contributed by atoms with Gasteiger partial charge < -0.3 is 14.8 Å². The highest BCUT2D eigenvalue weighted by atomic mass is 16.4. The lowest BCUT2D eigenvalue weighted by Crippen LogP contribution is -2.29. The van der Waals surface area contributed by atoms with Gasteiger partial charge in [-0.3, -0.25) is 9.59 Å². The van der Waals surface area contributed by atoms with Crippen molar-refractivity contribution in [1.82, 2.24) is 5.32 Å². The quantitative estimate of drug-likeness (QED) is 0.828. The first-order chi connectivity index (χ1) is 8.58. The van der Waals surface area contributed by atoms with Crippen molar-refractivity contribution in [2.45, 2.75) is 0 Å². The molecule has 0 saturated heterocycles. The summed E-state index contributed by atoms with van der Waals surface area (Å²) in [7, 11) is 0. The van der Waals surface area contributed by atoms with Crippen LogP contribution < -0.4 is 10.9 Å². The van der Waals surface area contributed by atoms with Gasteiger partial charge in [0.15, 0.2) is 5.76 Å². The first-order valence-corrected chi connectivity index (χ1v) is 5.11. The van der Waals surface area contributed by atoms with Crippen molar-refractivity contribution in [2.75, 3.05) is 6.54 Å². The number of carbonyl (C=O) groups excluding carboxylic acids is 1. The van der Waals surface area contributed by atoms with Crippen LogP contribution in [-0.2, 0) is 4.79 Å². The monoisotopic (exact) mass is 247 g/mol. The summed E-state index contributed by atoms with van der Waals surface area (Å²) in [5.74, 6) is -2.12. The largest absolute Gasteiger partial charge is 0.480 e. The van der Waals surface area contributed by atoms with E-state index in [1.807, 2.05) is 0 Å². The van der Waals surface area contributed by atoms with Gasteiger partial charge in [-0.05, 0) is 17.5 Å². The number of carbonyl (C=O) groups is 2. The minimum Gasteiger partial charge on any atom is -0.480 e. The number of fused-ring (bicyclic) bond motifs is 1. The molecular weight excluding hydrogens is 238 g/mol. The van der Waals surface area contributed by atoms with Gasteiger partial charge >= 0.3 is 11.6 Å². The van der Waals surface area contributed by atoms with Crippen LogP contribution >= 0.6 is 0 Å². The summed E-state index contributed by atoms with van der Waals surface area (Å²) in [5.41, 5.74) is -0.631. The number of carboxylic acids is 1. The van der Waals surface area contributed by atoms with Gasteiger partial charge in [0, 0.05) is 0 Å². The molecule has 6 heteroatoms. The van der Waals surface area contributed by atoms with Crippen LogP contribution in [-0.4, -0.2) is 23.5 Å². The minimum atomic E-state index is -1.17. The normalized spacial score (nSPS) is 10.2. The minimum absolute atomic E-state index is 0.208. The van der Waals surface area contributed by atoms with E-state index in [1.165, 1.54) is 6.07 Å². The van der Waals surface area contributed by atoms with E-state index < -0.39 is 24.0 Å². The van der Waals surface area contributed by atoms with Gasteiger partial charge in [0.25, 0.3) is 5.91 Å². The van der Waals surface area contributed by atoms with E-state index in [2.05, 4.69) is 5.32 Å². The SMILES string of the molecule is O=C(O)CNC(=O)c1cc2ccccc2c(=O)o1. The molecule has 0 unspecified atom stereocenters. The Kier molecular flexibility index (Phi) is 3.09. The molecule has 1 amide bonds. The lowest BCUT2D eigenvalue weighted by molar-refractivity contribution is -0.135. The molecule has 0 atom stereocenters. The molecule has 0 aliphatic heterocycles. The topological polar surface area (TPSA) is 96.6 Å². The molecule has 0 spiro atoms. The Balaban J connectivity index is 2.37. The highest BCUT2D eigenvalue weighted by Crippen LogP contribution is 2.11. The molecule has 1 aromatic heterocycles. The van der Waals surface area contributed by atoms with Gasteiger partial charge in [0.05, 0.1) is 5.39 Å². The number of rotatable bonds is 3. The Bertz CT molecular complexity index is 673. The van der Waals surface area contributed by atoms with Gasteiger partial charge in [0.2, 0.25) is 0 Å². The Morgan fingerprint density at radius 3 is 2.72 bits per heavy atom. The molecule has 92 valence electrons. The molecule has 2 N–H and O–H groups in total. The zero-order chi connectivity index (χ0) is 13.1.